The first-order chi connectivity index (χ1) is 7.50. The summed E-state index contributed by atoms with van der Waals surface area (Å²) in [6.07, 6.45) is -0.917. The topological polar surface area (TPSA) is 213 Å². The summed E-state index contributed by atoms with van der Waals surface area (Å²) in [5.41, 5.74) is 0. The normalized spacial score (nSPS) is 7.06. The van der Waals surface area contributed by atoms with Crippen LogP contribution in [0.5, 0.6) is 0 Å². The van der Waals surface area contributed by atoms with Crippen LogP contribution in [0.15, 0.2) is 0 Å². The summed E-state index contributed by atoms with van der Waals surface area (Å²) < 4.78 is 0. The molecule has 0 saturated carbocycles. The van der Waals surface area contributed by atoms with Crippen molar-refractivity contribution in [3.63, 3.8) is 0 Å². The predicted octanol–water partition coefficient (Wildman–Crippen LogP) is -7.68. The molecule has 0 radical (unpaired) electrons. The van der Waals surface area contributed by atoms with Gasteiger partial charge in [0, 0.05) is 0 Å². The monoisotopic (exact) mass is 262 g/mol. The molecule has 0 amide bonds. The van der Waals surface area contributed by atoms with Crippen LogP contribution < -0.4 is 24.0 Å². The predicted molar refractivity (Wildman–Crippen MR) is 44.9 cm³/mol. The van der Waals surface area contributed by atoms with Gasteiger partial charge in [-0.2, -0.15) is 0 Å². The Labute approximate surface area is 112 Å². The van der Waals surface area contributed by atoms with E-state index in [0.717, 1.165) is 0 Å². The summed E-state index contributed by atoms with van der Waals surface area (Å²) in [5, 5.41) is 53.3. The number of carboxylic acid groups (broad SMARTS) is 4. The van der Waals surface area contributed by atoms with Gasteiger partial charge in [0.1, 0.15) is 0 Å². The number of rotatable bonds is 2. The number of carbonyl (C=O) groups excluding carboxylic acids is 1. The molecule has 0 heterocycles. The SMILES string of the molecule is O=C(O)C(=O)O.O=C([O-])CC(=O)O.OB(O)O.[Li+]. The fraction of sp³-hybridized carbons (Fsp3) is 0.200. The van der Waals surface area contributed by atoms with Crippen LogP contribution >= 0.6 is 0 Å². The van der Waals surface area contributed by atoms with Crippen LogP contribution in [-0.4, -0.2) is 61.6 Å². The van der Waals surface area contributed by atoms with Gasteiger partial charge in [-0.05, 0) is 0 Å². The van der Waals surface area contributed by atoms with E-state index in [-0.39, 0.29) is 18.9 Å². The van der Waals surface area contributed by atoms with E-state index >= 15 is 0 Å². The smallest absolute Gasteiger partial charge is 0.550 e. The van der Waals surface area contributed by atoms with Gasteiger partial charge in [-0.25, -0.2) is 9.59 Å². The molecule has 0 aromatic rings. The molecule has 13 heteroatoms. The minimum atomic E-state index is -2.17. The summed E-state index contributed by atoms with van der Waals surface area (Å²) >= 11 is 0. The molecule has 18 heavy (non-hydrogen) atoms. The molecule has 6 N–H and O–H groups in total. The Hall–Kier alpha value is -1.58. The van der Waals surface area contributed by atoms with Crippen molar-refractivity contribution in [2.45, 2.75) is 6.42 Å². The molecule has 11 nitrogen and oxygen atoms in total. The molecular weight excluding hydrogens is 254 g/mol. The molecule has 0 aliphatic carbocycles. The van der Waals surface area contributed by atoms with E-state index in [0.29, 0.717) is 0 Å². The van der Waals surface area contributed by atoms with E-state index in [1.54, 1.807) is 0 Å². The summed E-state index contributed by atoms with van der Waals surface area (Å²) in [6, 6.07) is 0. The fourth-order valence-corrected chi connectivity index (χ4v) is 0.123. The van der Waals surface area contributed by atoms with Crippen molar-refractivity contribution in [3.8, 4) is 0 Å². The molecule has 0 bridgehead atoms. The quantitative estimate of drug-likeness (QED) is 0.156. The Morgan fingerprint density at radius 3 is 1.11 bits per heavy atom. The third-order valence-corrected chi connectivity index (χ3v) is 0.479. The van der Waals surface area contributed by atoms with Gasteiger partial charge in [0.2, 0.25) is 0 Å². The maximum absolute atomic E-state index is 9.39. The van der Waals surface area contributed by atoms with E-state index in [1.807, 2.05) is 0 Å². The Morgan fingerprint density at radius 2 is 1.11 bits per heavy atom. The number of hydrogen-bond donors (Lipinski definition) is 6. The van der Waals surface area contributed by atoms with E-state index in [9.17, 15) is 14.7 Å². The minimum absolute atomic E-state index is 0. The van der Waals surface area contributed by atoms with Gasteiger partial charge in [-0.15, -0.1) is 0 Å². The first-order valence-corrected chi connectivity index (χ1v) is 3.42. The average Bonchev–Trinajstić information content (AvgIpc) is 2.00. The van der Waals surface area contributed by atoms with Crippen molar-refractivity contribution < 1.29 is 73.5 Å². The van der Waals surface area contributed by atoms with Gasteiger partial charge in [0.25, 0.3) is 0 Å². The van der Waals surface area contributed by atoms with Gasteiger partial charge < -0.3 is 40.3 Å². The van der Waals surface area contributed by atoms with Crippen molar-refractivity contribution in [2.24, 2.45) is 0 Å². The van der Waals surface area contributed by atoms with Crippen LogP contribution in [0.2, 0.25) is 0 Å². The summed E-state index contributed by atoms with van der Waals surface area (Å²) in [6.45, 7) is 0. The Kier molecular flexibility index (Phi) is 21.7. The third kappa shape index (κ3) is 63.0. The Morgan fingerprint density at radius 1 is 0.889 bits per heavy atom. The van der Waals surface area contributed by atoms with E-state index < -0.39 is 37.6 Å². The second kappa shape index (κ2) is 15.4. The molecule has 0 rings (SSSR count). The van der Waals surface area contributed by atoms with E-state index in [4.69, 9.17) is 40.0 Å². The standard InChI is InChI=1S/C3H4O4.C2H2O4.BH3O3.Li/c4-2(5)1-3(6)7;3-1(4)2(5)6;2-1(3)4;/h1H2,(H,4,5)(H,6,7);(H,3,4)(H,5,6);2-4H;/q;;;+1/p-1. The summed E-state index contributed by atoms with van der Waals surface area (Å²) in [5.74, 6) is -6.59. The van der Waals surface area contributed by atoms with E-state index in [2.05, 4.69) is 0 Å². The molecule has 0 aromatic heterocycles. The summed E-state index contributed by atoms with van der Waals surface area (Å²) in [4.78, 5) is 36.9. The molecular formula is C5H8BLiO11. The number of hydrogen-bond acceptors (Lipinski definition) is 8. The zero-order valence-corrected chi connectivity index (χ0v) is 9.01. The van der Waals surface area contributed by atoms with Crippen LogP contribution in [-0.2, 0) is 19.2 Å². The van der Waals surface area contributed by atoms with Crippen molar-refractivity contribution in [2.75, 3.05) is 0 Å². The zero-order chi connectivity index (χ0) is 14.6. The molecule has 0 aliphatic heterocycles. The largest absolute Gasteiger partial charge is 1.00 e. The molecule has 0 fully saturated rings. The molecule has 0 spiro atoms. The molecule has 0 unspecified atom stereocenters. The van der Waals surface area contributed by atoms with Crippen molar-refractivity contribution >= 4 is 31.2 Å². The zero-order valence-electron chi connectivity index (χ0n) is 9.01. The van der Waals surface area contributed by atoms with Gasteiger partial charge in [0.05, 0.1) is 12.4 Å². The van der Waals surface area contributed by atoms with Crippen LogP contribution in [0.1, 0.15) is 6.42 Å². The molecule has 0 atom stereocenters. The van der Waals surface area contributed by atoms with Crippen molar-refractivity contribution in [1.82, 2.24) is 0 Å². The van der Waals surface area contributed by atoms with Crippen LogP contribution in [0.4, 0.5) is 0 Å². The number of aliphatic carboxylic acids is 4. The third-order valence-electron chi connectivity index (χ3n) is 0.479. The van der Waals surface area contributed by atoms with Gasteiger partial charge >= 0.3 is 44.1 Å². The molecule has 0 saturated heterocycles. The minimum Gasteiger partial charge on any atom is -0.550 e. The van der Waals surface area contributed by atoms with Gasteiger partial charge in [0.15, 0.2) is 0 Å². The summed E-state index contributed by atoms with van der Waals surface area (Å²) in [7, 11) is -2.17. The maximum Gasteiger partial charge on any atom is 1.00 e. The average molecular weight is 262 g/mol. The molecule has 98 valence electrons. The maximum atomic E-state index is 9.39. The Bertz CT molecular complexity index is 250. The first kappa shape index (κ1) is 25.3. The van der Waals surface area contributed by atoms with E-state index in [1.165, 1.54) is 0 Å². The second-order valence-electron chi connectivity index (χ2n) is 1.90. The molecule has 0 aromatic carbocycles. The van der Waals surface area contributed by atoms with Gasteiger partial charge in [-0.1, -0.05) is 0 Å². The second-order valence-corrected chi connectivity index (χ2v) is 1.90. The van der Waals surface area contributed by atoms with Gasteiger partial charge in [-0.3, -0.25) is 4.79 Å². The fourth-order valence-electron chi connectivity index (χ4n) is 0.123. The first-order valence-electron chi connectivity index (χ1n) is 3.42. The number of carbonyl (C=O) groups is 4. The number of carboxylic acids is 4. The Balaban J connectivity index is -0.0000000823. The van der Waals surface area contributed by atoms with Crippen LogP contribution in [0.25, 0.3) is 0 Å². The van der Waals surface area contributed by atoms with Crippen LogP contribution in [0, 0.1) is 0 Å². The molecule has 0 aliphatic rings. The van der Waals surface area contributed by atoms with Crippen molar-refractivity contribution in [3.05, 3.63) is 0 Å². The van der Waals surface area contributed by atoms with Crippen molar-refractivity contribution in [1.29, 1.82) is 0 Å². The van der Waals surface area contributed by atoms with Crippen LogP contribution in [0.3, 0.4) is 0 Å².